The Bertz CT molecular complexity index is 546. The minimum Gasteiger partial charge on any atom is -0.371 e. The Hall–Kier alpha value is -1.62. The van der Waals surface area contributed by atoms with Crippen molar-refractivity contribution in [1.82, 2.24) is 5.32 Å². The van der Waals surface area contributed by atoms with Crippen LogP contribution in [-0.2, 0) is 4.79 Å². The first-order chi connectivity index (χ1) is 10.0. The Morgan fingerprint density at radius 2 is 2.24 bits per heavy atom. The van der Waals surface area contributed by atoms with Gasteiger partial charge in [0, 0.05) is 37.3 Å². The maximum Gasteiger partial charge on any atom is 0.220 e. The SMILES string of the molecule is CC(N)c1cc(F)ccc1N1CCC2NC(=O)CCC2C1. The molecule has 114 valence electrons. The molecule has 2 fully saturated rings. The molecule has 2 aliphatic rings. The maximum atomic E-state index is 13.5. The summed E-state index contributed by atoms with van der Waals surface area (Å²) < 4.78 is 13.5. The lowest BCUT2D eigenvalue weighted by atomic mass is 9.84. The zero-order valence-corrected chi connectivity index (χ0v) is 12.3. The van der Waals surface area contributed by atoms with E-state index in [1.54, 1.807) is 0 Å². The van der Waals surface area contributed by atoms with Gasteiger partial charge in [-0.15, -0.1) is 0 Å². The summed E-state index contributed by atoms with van der Waals surface area (Å²) >= 11 is 0. The lowest BCUT2D eigenvalue weighted by molar-refractivity contribution is -0.124. The molecule has 3 unspecified atom stereocenters. The van der Waals surface area contributed by atoms with E-state index in [0.29, 0.717) is 18.4 Å². The highest BCUT2D eigenvalue weighted by molar-refractivity contribution is 5.77. The summed E-state index contributed by atoms with van der Waals surface area (Å²) in [7, 11) is 0. The number of rotatable bonds is 2. The Morgan fingerprint density at radius 1 is 1.43 bits per heavy atom. The van der Waals surface area contributed by atoms with Gasteiger partial charge in [0.25, 0.3) is 0 Å². The van der Waals surface area contributed by atoms with Crippen molar-refractivity contribution >= 4 is 11.6 Å². The van der Waals surface area contributed by atoms with Crippen molar-refractivity contribution in [3.05, 3.63) is 29.6 Å². The number of nitrogens with two attached hydrogens (primary N) is 1. The Morgan fingerprint density at radius 3 is 3.00 bits per heavy atom. The molecule has 1 amide bonds. The van der Waals surface area contributed by atoms with Crippen LogP contribution in [0, 0.1) is 11.7 Å². The van der Waals surface area contributed by atoms with E-state index in [4.69, 9.17) is 5.73 Å². The lowest BCUT2D eigenvalue weighted by Gasteiger charge is -2.43. The van der Waals surface area contributed by atoms with E-state index in [1.165, 1.54) is 12.1 Å². The minimum absolute atomic E-state index is 0.169. The average Bonchev–Trinajstić information content (AvgIpc) is 2.46. The van der Waals surface area contributed by atoms with Gasteiger partial charge < -0.3 is 16.0 Å². The van der Waals surface area contributed by atoms with Crippen molar-refractivity contribution < 1.29 is 9.18 Å². The first-order valence-corrected chi connectivity index (χ1v) is 7.64. The molecule has 3 N–H and O–H groups in total. The number of hydrogen-bond donors (Lipinski definition) is 2. The average molecular weight is 291 g/mol. The number of carbonyl (C=O) groups is 1. The predicted octanol–water partition coefficient (Wildman–Crippen LogP) is 1.95. The van der Waals surface area contributed by atoms with Crippen LogP contribution in [0.1, 0.15) is 37.8 Å². The molecule has 2 aliphatic heterocycles. The fourth-order valence-electron chi connectivity index (χ4n) is 3.51. The highest BCUT2D eigenvalue weighted by Crippen LogP contribution is 2.32. The van der Waals surface area contributed by atoms with Gasteiger partial charge in [-0.3, -0.25) is 4.79 Å². The molecule has 0 radical (unpaired) electrons. The first kappa shape index (κ1) is 14.3. The second-order valence-electron chi connectivity index (χ2n) is 6.20. The summed E-state index contributed by atoms with van der Waals surface area (Å²) in [4.78, 5) is 13.8. The topological polar surface area (TPSA) is 58.4 Å². The molecule has 3 atom stereocenters. The van der Waals surface area contributed by atoms with Crippen molar-refractivity contribution in [1.29, 1.82) is 0 Å². The summed E-state index contributed by atoms with van der Waals surface area (Å²) in [6.07, 6.45) is 2.48. The highest BCUT2D eigenvalue weighted by atomic mass is 19.1. The summed E-state index contributed by atoms with van der Waals surface area (Å²) in [5.41, 5.74) is 7.87. The largest absolute Gasteiger partial charge is 0.371 e. The quantitative estimate of drug-likeness (QED) is 0.875. The zero-order chi connectivity index (χ0) is 15.0. The van der Waals surface area contributed by atoms with Crippen molar-refractivity contribution in [2.75, 3.05) is 18.0 Å². The number of nitrogens with zero attached hydrogens (tertiary/aromatic N) is 1. The Balaban J connectivity index is 1.81. The van der Waals surface area contributed by atoms with E-state index < -0.39 is 0 Å². The Kier molecular flexibility index (Phi) is 3.85. The van der Waals surface area contributed by atoms with Gasteiger partial charge in [-0.25, -0.2) is 4.39 Å². The third-order valence-electron chi connectivity index (χ3n) is 4.64. The molecule has 0 aromatic heterocycles. The summed E-state index contributed by atoms with van der Waals surface area (Å²) in [6.45, 7) is 3.65. The number of piperidine rings is 2. The maximum absolute atomic E-state index is 13.5. The summed E-state index contributed by atoms with van der Waals surface area (Å²) in [5, 5.41) is 3.09. The van der Waals surface area contributed by atoms with Crippen LogP contribution in [0.4, 0.5) is 10.1 Å². The number of carbonyl (C=O) groups excluding carboxylic acids is 1. The number of fused-ring (bicyclic) bond motifs is 1. The molecule has 0 aliphatic carbocycles. The van der Waals surface area contributed by atoms with Crippen LogP contribution in [0.3, 0.4) is 0 Å². The summed E-state index contributed by atoms with van der Waals surface area (Å²) in [5.74, 6) is 0.399. The third-order valence-corrected chi connectivity index (χ3v) is 4.64. The number of amides is 1. The van der Waals surface area contributed by atoms with Crippen LogP contribution < -0.4 is 16.0 Å². The minimum atomic E-state index is -0.245. The van der Waals surface area contributed by atoms with Crippen LogP contribution in [0.25, 0.3) is 0 Å². The van der Waals surface area contributed by atoms with Gasteiger partial charge in [-0.1, -0.05) is 0 Å². The molecule has 4 nitrogen and oxygen atoms in total. The smallest absolute Gasteiger partial charge is 0.220 e. The molecule has 0 bridgehead atoms. The van der Waals surface area contributed by atoms with Crippen LogP contribution in [0.15, 0.2) is 18.2 Å². The van der Waals surface area contributed by atoms with E-state index >= 15 is 0 Å². The molecular formula is C16H22FN3O. The molecule has 1 aromatic carbocycles. The van der Waals surface area contributed by atoms with Gasteiger partial charge in [0.1, 0.15) is 5.82 Å². The van der Waals surface area contributed by atoms with Crippen molar-refractivity contribution in [2.45, 2.75) is 38.3 Å². The van der Waals surface area contributed by atoms with Crippen LogP contribution in [0.2, 0.25) is 0 Å². The number of halogens is 1. The van der Waals surface area contributed by atoms with Gasteiger partial charge in [-0.2, -0.15) is 0 Å². The number of benzene rings is 1. The molecule has 2 heterocycles. The molecule has 0 spiro atoms. The molecule has 1 aromatic rings. The van der Waals surface area contributed by atoms with E-state index in [9.17, 15) is 9.18 Å². The summed E-state index contributed by atoms with van der Waals surface area (Å²) in [6, 6.07) is 4.96. The van der Waals surface area contributed by atoms with Gasteiger partial charge in [0.15, 0.2) is 0 Å². The van der Waals surface area contributed by atoms with Gasteiger partial charge in [0.05, 0.1) is 0 Å². The second kappa shape index (κ2) is 5.64. The van der Waals surface area contributed by atoms with E-state index in [2.05, 4.69) is 10.2 Å². The van der Waals surface area contributed by atoms with Crippen molar-refractivity contribution in [3.63, 3.8) is 0 Å². The molecule has 2 saturated heterocycles. The van der Waals surface area contributed by atoms with Crippen LogP contribution in [-0.4, -0.2) is 25.0 Å². The zero-order valence-electron chi connectivity index (χ0n) is 12.3. The van der Waals surface area contributed by atoms with E-state index in [-0.39, 0.29) is 17.8 Å². The first-order valence-electron chi connectivity index (χ1n) is 7.64. The van der Waals surface area contributed by atoms with Crippen molar-refractivity contribution in [2.24, 2.45) is 11.7 Å². The van der Waals surface area contributed by atoms with Crippen LogP contribution >= 0.6 is 0 Å². The lowest BCUT2D eigenvalue weighted by Crippen LogP contribution is -2.54. The molecule has 3 rings (SSSR count). The van der Waals surface area contributed by atoms with Gasteiger partial charge >= 0.3 is 0 Å². The highest BCUT2D eigenvalue weighted by Gasteiger charge is 2.34. The third kappa shape index (κ3) is 2.88. The molecule has 21 heavy (non-hydrogen) atoms. The number of nitrogens with one attached hydrogen (secondary N) is 1. The fourth-order valence-corrected chi connectivity index (χ4v) is 3.51. The van der Waals surface area contributed by atoms with E-state index in [0.717, 1.165) is 37.2 Å². The second-order valence-corrected chi connectivity index (χ2v) is 6.20. The van der Waals surface area contributed by atoms with E-state index in [1.807, 2.05) is 13.0 Å². The molecule has 5 heteroatoms. The normalized spacial score (nSPS) is 27.0. The monoisotopic (exact) mass is 291 g/mol. The number of anilines is 1. The van der Waals surface area contributed by atoms with Crippen molar-refractivity contribution in [3.8, 4) is 0 Å². The number of hydrogen-bond acceptors (Lipinski definition) is 3. The Labute approximate surface area is 124 Å². The van der Waals surface area contributed by atoms with Gasteiger partial charge in [0.2, 0.25) is 5.91 Å². The standard InChI is InChI=1S/C16H22FN3O/c1-10(18)13-8-12(17)3-4-15(13)20-7-6-14-11(9-20)2-5-16(21)19-14/h3-4,8,10-11,14H,2,5-7,9,18H2,1H3,(H,19,21). The molecular weight excluding hydrogens is 269 g/mol. The predicted molar refractivity (Wildman–Crippen MR) is 80.5 cm³/mol. The van der Waals surface area contributed by atoms with Crippen LogP contribution in [0.5, 0.6) is 0 Å². The fraction of sp³-hybridized carbons (Fsp3) is 0.562. The van der Waals surface area contributed by atoms with Gasteiger partial charge in [-0.05, 0) is 49.4 Å². The molecule has 0 saturated carbocycles.